The van der Waals surface area contributed by atoms with E-state index < -0.39 is 5.60 Å². The maximum absolute atomic E-state index is 12.6. The van der Waals surface area contributed by atoms with Crippen LogP contribution >= 0.6 is 0 Å². The van der Waals surface area contributed by atoms with E-state index in [4.69, 9.17) is 4.42 Å². The molecular weight excluding hydrogens is 316 g/mol. The topological polar surface area (TPSA) is 56.9 Å². The number of hydrogen-bond acceptors (Lipinski definition) is 4. The molecule has 1 fully saturated rings. The minimum atomic E-state index is -0.880. The Morgan fingerprint density at radius 3 is 2.68 bits per heavy atom. The summed E-state index contributed by atoms with van der Waals surface area (Å²) in [7, 11) is 1.72. The summed E-state index contributed by atoms with van der Waals surface area (Å²) >= 11 is 0. The van der Waals surface area contributed by atoms with Crippen LogP contribution in [0.25, 0.3) is 0 Å². The number of likely N-dealkylation sites (tertiary alicyclic amines) is 1. The molecule has 1 aliphatic heterocycles. The van der Waals surface area contributed by atoms with Gasteiger partial charge in [-0.1, -0.05) is 30.3 Å². The number of aliphatic hydroxyl groups is 1. The Bertz CT molecular complexity index is 741. The van der Waals surface area contributed by atoms with Gasteiger partial charge in [-0.3, -0.25) is 9.69 Å². The Morgan fingerprint density at radius 2 is 2.04 bits per heavy atom. The molecule has 5 nitrogen and oxygen atoms in total. The highest BCUT2D eigenvalue weighted by Crippen LogP contribution is 2.25. The van der Waals surface area contributed by atoms with Gasteiger partial charge in [-0.05, 0) is 31.9 Å². The van der Waals surface area contributed by atoms with Crippen molar-refractivity contribution >= 4 is 5.91 Å². The van der Waals surface area contributed by atoms with Gasteiger partial charge in [0, 0.05) is 32.2 Å². The minimum absolute atomic E-state index is 0.180. The van der Waals surface area contributed by atoms with Gasteiger partial charge >= 0.3 is 0 Å². The molecule has 1 amide bonds. The number of amides is 1. The van der Waals surface area contributed by atoms with Crippen LogP contribution < -0.4 is 0 Å². The molecule has 134 valence electrons. The summed E-state index contributed by atoms with van der Waals surface area (Å²) in [5.74, 6) is 0.908. The van der Waals surface area contributed by atoms with E-state index in [-0.39, 0.29) is 5.91 Å². The number of carbonyl (C=O) groups excluding carboxylic acids is 1. The lowest BCUT2D eigenvalue weighted by molar-refractivity contribution is 0.0159. The standard InChI is InChI=1S/C20H26N2O3/c1-15-11-16(2)25-18(15)19(23)21(3)13-20(24)9-10-22(14-20)12-17-7-5-4-6-8-17/h4-8,11,24H,9-10,12-14H2,1-3H3. The smallest absolute Gasteiger partial charge is 0.289 e. The van der Waals surface area contributed by atoms with Gasteiger partial charge in [0.05, 0.1) is 12.1 Å². The maximum Gasteiger partial charge on any atom is 0.289 e. The van der Waals surface area contributed by atoms with Crippen molar-refractivity contribution in [2.24, 2.45) is 0 Å². The monoisotopic (exact) mass is 342 g/mol. The van der Waals surface area contributed by atoms with Crippen molar-refractivity contribution in [3.63, 3.8) is 0 Å². The van der Waals surface area contributed by atoms with E-state index in [0.717, 1.165) is 24.4 Å². The summed E-state index contributed by atoms with van der Waals surface area (Å²) in [5, 5.41) is 10.9. The maximum atomic E-state index is 12.6. The Balaban J connectivity index is 1.60. The molecule has 0 bridgehead atoms. The van der Waals surface area contributed by atoms with E-state index >= 15 is 0 Å². The Kier molecular flexibility index (Phi) is 4.97. The van der Waals surface area contributed by atoms with Gasteiger partial charge in [-0.25, -0.2) is 0 Å². The lowest BCUT2D eigenvalue weighted by Crippen LogP contribution is -2.45. The average molecular weight is 342 g/mol. The first-order chi connectivity index (χ1) is 11.9. The van der Waals surface area contributed by atoms with Crippen molar-refractivity contribution in [3.05, 3.63) is 59.0 Å². The van der Waals surface area contributed by atoms with E-state index in [1.165, 1.54) is 5.56 Å². The molecule has 1 aromatic heterocycles. The number of β-amino-alcohol motifs (C(OH)–C–C–N with tert-alkyl or cyclic N) is 1. The molecule has 1 unspecified atom stereocenters. The zero-order chi connectivity index (χ0) is 18.0. The quantitative estimate of drug-likeness (QED) is 0.907. The van der Waals surface area contributed by atoms with Crippen molar-refractivity contribution in [2.45, 2.75) is 32.4 Å². The SMILES string of the molecule is Cc1cc(C)c(C(=O)N(C)CC2(O)CCN(Cc3ccccc3)C2)o1. The van der Waals surface area contributed by atoms with Crippen molar-refractivity contribution in [1.82, 2.24) is 9.80 Å². The third-order valence-electron chi connectivity index (χ3n) is 4.77. The largest absolute Gasteiger partial charge is 0.456 e. The van der Waals surface area contributed by atoms with E-state index in [9.17, 15) is 9.90 Å². The highest BCUT2D eigenvalue weighted by Gasteiger charge is 2.38. The van der Waals surface area contributed by atoms with Crippen LogP contribution in [0.15, 0.2) is 40.8 Å². The van der Waals surface area contributed by atoms with Gasteiger partial charge in [0.25, 0.3) is 5.91 Å². The molecule has 1 aromatic carbocycles. The van der Waals surface area contributed by atoms with Gasteiger partial charge in [-0.15, -0.1) is 0 Å². The molecular formula is C20H26N2O3. The van der Waals surface area contributed by atoms with Gasteiger partial charge in [0.1, 0.15) is 5.76 Å². The number of likely N-dealkylation sites (N-methyl/N-ethyl adjacent to an activating group) is 1. The second-order valence-corrected chi connectivity index (χ2v) is 7.20. The zero-order valence-corrected chi connectivity index (χ0v) is 15.2. The molecule has 2 aromatic rings. The van der Waals surface area contributed by atoms with E-state index in [1.807, 2.05) is 38.1 Å². The normalized spacial score (nSPS) is 20.8. The zero-order valence-electron chi connectivity index (χ0n) is 15.2. The highest BCUT2D eigenvalue weighted by molar-refractivity contribution is 5.92. The lowest BCUT2D eigenvalue weighted by atomic mass is 10.0. The van der Waals surface area contributed by atoms with Crippen LogP contribution in [0.2, 0.25) is 0 Å². The van der Waals surface area contributed by atoms with E-state index in [0.29, 0.717) is 25.3 Å². The number of carbonyl (C=O) groups is 1. The van der Waals surface area contributed by atoms with Gasteiger partial charge in [0.2, 0.25) is 0 Å². The fourth-order valence-electron chi connectivity index (χ4n) is 3.59. The summed E-state index contributed by atoms with van der Waals surface area (Å²) in [6, 6.07) is 12.1. The summed E-state index contributed by atoms with van der Waals surface area (Å²) in [6.07, 6.45) is 0.660. The van der Waals surface area contributed by atoms with E-state index in [2.05, 4.69) is 17.0 Å². The molecule has 0 spiro atoms. The Labute approximate surface area is 148 Å². The molecule has 1 aliphatic rings. The third kappa shape index (κ3) is 4.11. The minimum Gasteiger partial charge on any atom is -0.456 e. The average Bonchev–Trinajstić information content (AvgIpc) is 3.09. The molecule has 0 saturated carbocycles. The van der Waals surface area contributed by atoms with Gasteiger partial charge in [0.15, 0.2) is 5.76 Å². The number of hydrogen-bond donors (Lipinski definition) is 1. The first-order valence-electron chi connectivity index (χ1n) is 8.67. The summed E-state index contributed by atoms with van der Waals surface area (Å²) in [5.41, 5.74) is 1.19. The molecule has 2 heterocycles. The lowest BCUT2D eigenvalue weighted by Gasteiger charge is -2.28. The summed E-state index contributed by atoms with van der Waals surface area (Å²) in [6.45, 7) is 6.20. The predicted molar refractivity (Wildman–Crippen MR) is 96.4 cm³/mol. The Morgan fingerprint density at radius 1 is 1.32 bits per heavy atom. The molecule has 1 N–H and O–H groups in total. The second-order valence-electron chi connectivity index (χ2n) is 7.20. The van der Waals surface area contributed by atoms with Crippen molar-refractivity contribution in [2.75, 3.05) is 26.7 Å². The molecule has 5 heteroatoms. The molecule has 1 saturated heterocycles. The molecule has 25 heavy (non-hydrogen) atoms. The van der Waals surface area contributed by atoms with Crippen molar-refractivity contribution < 1.29 is 14.3 Å². The number of rotatable bonds is 5. The van der Waals surface area contributed by atoms with Crippen molar-refractivity contribution in [1.29, 1.82) is 0 Å². The van der Waals surface area contributed by atoms with E-state index in [1.54, 1.807) is 11.9 Å². The number of nitrogens with zero attached hydrogens (tertiary/aromatic N) is 2. The first kappa shape index (κ1) is 17.7. The fraction of sp³-hybridized carbons (Fsp3) is 0.450. The molecule has 0 aliphatic carbocycles. The summed E-state index contributed by atoms with van der Waals surface area (Å²) in [4.78, 5) is 16.4. The van der Waals surface area contributed by atoms with Gasteiger partial charge < -0.3 is 14.4 Å². The van der Waals surface area contributed by atoms with Crippen LogP contribution in [0.5, 0.6) is 0 Å². The van der Waals surface area contributed by atoms with Crippen LogP contribution in [-0.2, 0) is 6.54 Å². The predicted octanol–water partition coefficient (Wildman–Crippen LogP) is 2.61. The number of benzene rings is 1. The number of furan rings is 1. The molecule has 3 rings (SSSR count). The number of aryl methyl sites for hydroxylation is 2. The van der Waals surface area contributed by atoms with Crippen LogP contribution in [0.1, 0.15) is 33.9 Å². The second kappa shape index (κ2) is 7.02. The first-order valence-corrected chi connectivity index (χ1v) is 8.67. The molecule has 0 radical (unpaired) electrons. The van der Waals surface area contributed by atoms with Gasteiger partial charge in [-0.2, -0.15) is 0 Å². The third-order valence-corrected chi connectivity index (χ3v) is 4.77. The summed E-state index contributed by atoms with van der Waals surface area (Å²) < 4.78 is 5.51. The van der Waals surface area contributed by atoms with Crippen LogP contribution in [-0.4, -0.2) is 53.1 Å². The van der Waals surface area contributed by atoms with Crippen LogP contribution in [0.4, 0.5) is 0 Å². The fourth-order valence-corrected chi connectivity index (χ4v) is 3.59. The van der Waals surface area contributed by atoms with Crippen LogP contribution in [0.3, 0.4) is 0 Å². The van der Waals surface area contributed by atoms with Crippen LogP contribution in [0, 0.1) is 13.8 Å². The van der Waals surface area contributed by atoms with Crippen molar-refractivity contribution in [3.8, 4) is 0 Å². The highest BCUT2D eigenvalue weighted by atomic mass is 16.4. The Hall–Kier alpha value is -2.11. The molecule has 1 atom stereocenters.